The van der Waals surface area contributed by atoms with Crippen LogP contribution in [0.4, 0.5) is 0 Å². The molecule has 0 saturated carbocycles. The molecule has 0 aromatic rings. The van der Waals surface area contributed by atoms with Crippen LogP contribution in [0.15, 0.2) is 23.8 Å². The van der Waals surface area contributed by atoms with Crippen LogP contribution in [-0.4, -0.2) is 76.1 Å². The standard InChI is InChI=1S/C24H42O7/c1-9-18(26-5)17(4)21-14-24(25,31-21)16(3)12-10-11-15(2)22-19(27-6)13-20(28-7)23(29-8)30-22/h10-12,16-23,25H,9,13-14H2,1-8H3/b12-10+,15-11+/t16-,17+,18-,19+,20+,21+,22+,23+,24-/m0/s1. The molecule has 0 aliphatic carbocycles. The molecule has 0 bridgehead atoms. The van der Waals surface area contributed by atoms with E-state index in [0.717, 1.165) is 12.0 Å². The molecule has 2 heterocycles. The highest BCUT2D eigenvalue weighted by atomic mass is 16.7. The lowest BCUT2D eigenvalue weighted by Crippen LogP contribution is -2.58. The Bertz CT molecular complexity index is 595. The van der Waals surface area contributed by atoms with Crippen LogP contribution < -0.4 is 0 Å². The highest BCUT2D eigenvalue weighted by Gasteiger charge is 2.50. The summed E-state index contributed by atoms with van der Waals surface area (Å²) < 4.78 is 34.1. The van der Waals surface area contributed by atoms with E-state index in [1.165, 1.54) is 0 Å². The quantitative estimate of drug-likeness (QED) is 0.491. The van der Waals surface area contributed by atoms with Gasteiger partial charge in [0.25, 0.3) is 0 Å². The summed E-state index contributed by atoms with van der Waals surface area (Å²) in [5.74, 6) is -1.03. The van der Waals surface area contributed by atoms with Crippen LogP contribution in [0, 0.1) is 11.8 Å². The van der Waals surface area contributed by atoms with Crippen molar-refractivity contribution in [3.8, 4) is 0 Å². The third-order valence-corrected chi connectivity index (χ3v) is 6.87. The van der Waals surface area contributed by atoms with Crippen LogP contribution in [0.3, 0.4) is 0 Å². The third kappa shape index (κ3) is 6.16. The van der Waals surface area contributed by atoms with Gasteiger partial charge in [0, 0.05) is 53.1 Å². The minimum Gasteiger partial charge on any atom is -0.381 e. The molecule has 7 heteroatoms. The first-order valence-corrected chi connectivity index (χ1v) is 11.3. The molecule has 7 nitrogen and oxygen atoms in total. The van der Waals surface area contributed by atoms with E-state index in [1.54, 1.807) is 28.4 Å². The zero-order valence-corrected chi connectivity index (χ0v) is 20.4. The average molecular weight is 443 g/mol. The Labute approximate surface area is 187 Å². The fourth-order valence-corrected chi connectivity index (χ4v) is 4.56. The molecule has 2 fully saturated rings. The van der Waals surface area contributed by atoms with E-state index in [9.17, 15) is 5.11 Å². The normalized spacial score (nSPS) is 37.5. The van der Waals surface area contributed by atoms with Crippen molar-refractivity contribution in [1.29, 1.82) is 0 Å². The van der Waals surface area contributed by atoms with Gasteiger partial charge in [-0.25, -0.2) is 0 Å². The Hall–Kier alpha value is -0.800. The van der Waals surface area contributed by atoms with Crippen LogP contribution >= 0.6 is 0 Å². The molecule has 2 saturated heterocycles. The van der Waals surface area contributed by atoms with E-state index < -0.39 is 12.1 Å². The number of rotatable bonds is 11. The first-order valence-electron chi connectivity index (χ1n) is 11.3. The first kappa shape index (κ1) is 26.5. The summed E-state index contributed by atoms with van der Waals surface area (Å²) in [4.78, 5) is 0. The minimum absolute atomic E-state index is 0.0147. The van der Waals surface area contributed by atoms with Gasteiger partial charge in [-0.15, -0.1) is 0 Å². The summed E-state index contributed by atoms with van der Waals surface area (Å²) in [5, 5.41) is 10.8. The maximum absolute atomic E-state index is 10.8. The molecular weight excluding hydrogens is 400 g/mol. The van der Waals surface area contributed by atoms with Crippen LogP contribution in [0.25, 0.3) is 0 Å². The zero-order chi connectivity index (χ0) is 23.2. The van der Waals surface area contributed by atoms with Crippen LogP contribution in [0.1, 0.15) is 47.0 Å². The molecule has 9 atom stereocenters. The molecule has 2 aliphatic heterocycles. The Morgan fingerprint density at radius 3 is 2.29 bits per heavy atom. The lowest BCUT2D eigenvalue weighted by molar-refractivity contribution is -0.351. The Balaban J connectivity index is 1.95. The maximum Gasteiger partial charge on any atom is 0.184 e. The summed E-state index contributed by atoms with van der Waals surface area (Å²) in [6.45, 7) is 8.19. The molecule has 1 N–H and O–H groups in total. The second-order valence-corrected chi connectivity index (χ2v) is 8.78. The van der Waals surface area contributed by atoms with Gasteiger partial charge in [-0.1, -0.05) is 39.0 Å². The molecule has 2 rings (SSSR count). The topological polar surface area (TPSA) is 75.6 Å². The van der Waals surface area contributed by atoms with Gasteiger partial charge in [-0.2, -0.15) is 0 Å². The number of hydrogen-bond donors (Lipinski definition) is 1. The molecular formula is C24H42O7. The summed E-state index contributed by atoms with van der Waals surface area (Å²) >= 11 is 0. The van der Waals surface area contributed by atoms with E-state index in [-0.39, 0.29) is 42.4 Å². The zero-order valence-electron chi connectivity index (χ0n) is 20.4. The van der Waals surface area contributed by atoms with Crippen molar-refractivity contribution in [1.82, 2.24) is 0 Å². The highest BCUT2D eigenvalue weighted by molar-refractivity contribution is 5.18. The monoisotopic (exact) mass is 442 g/mol. The lowest BCUT2D eigenvalue weighted by Gasteiger charge is -2.50. The molecule has 180 valence electrons. The number of methoxy groups -OCH3 is 4. The van der Waals surface area contributed by atoms with Gasteiger partial charge in [-0.3, -0.25) is 0 Å². The molecule has 0 unspecified atom stereocenters. The smallest absolute Gasteiger partial charge is 0.184 e. The Morgan fingerprint density at radius 1 is 1.13 bits per heavy atom. The van der Waals surface area contributed by atoms with E-state index in [4.69, 9.17) is 28.4 Å². The molecule has 0 radical (unpaired) electrons. The van der Waals surface area contributed by atoms with Crippen molar-refractivity contribution in [3.63, 3.8) is 0 Å². The first-order chi connectivity index (χ1) is 14.7. The summed E-state index contributed by atoms with van der Waals surface area (Å²) in [7, 11) is 6.67. The number of ether oxygens (including phenoxy) is 6. The van der Waals surface area contributed by atoms with Crippen molar-refractivity contribution in [2.45, 2.75) is 89.6 Å². The van der Waals surface area contributed by atoms with Gasteiger partial charge < -0.3 is 33.5 Å². The average Bonchev–Trinajstić information content (AvgIpc) is 2.76. The molecule has 0 spiro atoms. The van der Waals surface area contributed by atoms with Crippen molar-refractivity contribution in [2.24, 2.45) is 11.8 Å². The second-order valence-electron chi connectivity index (χ2n) is 8.78. The van der Waals surface area contributed by atoms with Gasteiger partial charge in [0.05, 0.1) is 18.3 Å². The van der Waals surface area contributed by atoms with Crippen molar-refractivity contribution >= 4 is 0 Å². The fourth-order valence-electron chi connectivity index (χ4n) is 4.56. The number of aliphatic hydroxyl groups is 1. The van der Waals surface area contributed by atoms with Gasteiger partial charge in [0.2, 0.25) is 0 Å². The van der Waals surface area contributed by atoms with E-state index in [0.29, 0.717) is 12.8 Å². The highest BCUT2D eigenvalue weighted by Crippen LogP contribution is 2.42. The van der Waals surface area contributed by atoms with E-state index in [1.807, 2.05) is 32.1 Å². The van der Waals surface area contributed by atoms with Gasteiger partial charge in [-0.05, 0) is 18.9 Å². The number of allylic oxidation sites excluding steroid dienone is 2. The molecule has 0 amide bonds. The summed E-state index contributed by atoms with van der Waals surface area (Å²) in [6, 6.07) is 0. The Kier molecular flexibility index (Phi) is 10.1. The van der Waals surface area contributed by atoms with E-state index in [2.05, 4.69) is 13.8 Å². The van der Waals surface area contributed by atoms with Crippen molar-refractivity contribution in [2.75, 3.05) is 28.4 Å². The van der Waals surface area contributed by atoms with Crippen LogP contribution in [0.5, 0.6) is 0 Å². The van der Waals surface area contributed by atoms with Crippen molar-refractivity contribution < 1.29 is 33.5 Å². The maximum atomic E-state index is 10.8. The molecule has 0 aromatic carbocycles. The van der Waals surface area contributed by atoms with E-state index >= 15 is 0 Å². The van der Waals surface area contributed by atoms with Gasteiger partial charge in [0.1, 0.15) is 12.2 Å². The van der Waals surface area contributed by atoms with Crippen LogP contribution in [0.2, 0.25) is 0 Å². The third-order valence-electron chi connectivity index (χ3n) is 6.87. The molecule has 0 aromatic heterocycles. The van der Waals surface area contributed by atoms with Gasteiger partial charge in [0.15, 0.2) is 12.1 Å². The Morgan fingerprint density at radius 2 is 1.77 bits per heavy atom. The predicted octanol–water partition coefficient (Wildman–Crippen LogP) is 3.46. The molecule has 2 aliphatic rings. The lowest BCUT2D eigenvalue weighted by atomic mass is 9.81. The summed E-state index contributed by atoms with van der Waals surface area (Å²) in [6.07, 6.45) is 7.34. The van der Waals surface area contributed by atoms with Gasteiger partial charge >= 0.3 is 0 Å². The number of hydrogen-bond acceptors (Lipinski definition) is 7. The summed E-state index contributed by atoms with van der Waals surface area (Å²) in [5.41, 5.74) is 1.02. The predicted molar refractivity (Wildman–Crippen MR) is 119 cm³/mol. The van der Waals surface area contributed by atoms with Crippen LogP contribution in [-0.2, 0) is 28.4 Å². The molecule has 31 heavy (non-hydrogen) atoms. The largest absolute Gasteiger partial charge is 0.381 e. The van der Waals surface area contributed by atoms with Crippen molar-refractivity contribution in [3.05, 3.63) is 23.8 Å². The fraction of sp³-hybridized carbons (Fsp3) is 0.833. The second kappa shape index (κ2) is 11.9. The SMILES string of the molecule is CC[C@H](OC)[C@@H](C)[C@H]1C[C@@](O)([C@@H](C)/C=C/C=C(\C)[C@H]2O[C@@H](OC)[C@H](OC)C[C@H]2OC)O1. The minimum atomic E-state index is -1.13.